The molecule has 0 amide bonds. The summed E-state index contributed by atoms with van der Waals surface area (Å²) in [4.78, 5) is 5.12. The third kappa shape index (κ3) is 5.53. The molecule has 0 aliphatic heterocycles. The first-order valence-electron chi connectivity index (χ1n) is 11.4. The van der Waals surface area contributed by atoms with Crippen LogP contribution in [-0.2, 0) is 0 Å². The maximum Gasteiger partial charge on any atom is 0.0349 e. The van der Waals surface area contributed by atoms with Crippen LogP contribution in [-0.4, -0.2) is 0 Å². The lowest BCUT2D eigenvalue weighted by atomic mass is 10.1. The van der Waals surface area contributed by atoms with Crippen molar-refractivity contribution in [3.8, 4) is 20.9 Å². The quantitative estimate of drug-likeness (QED) is 0.230. The van der Waals surface area contributed by atoms with Crippen molar-refractivity contribution in [2.24, 2.45) is 0 Å². The van der Waals surface area contributed by atoms with E-state index < -0.39 is 0 Å². The molecular formula is C32H26S2. The molecule has 0 saturated heterocycles. The minimum atomic E-state index is 1.23. The summed E-state index contributed by atoms with van der Waals surface area (Å²) in [6.45, 7) is 4.23. The van der Waals surface area contributed by atoms with Crippen molar-refractivity contribution in [3.63, 3.8) is 0 Å². The summed E-state index contributed by atoms with van der Waals surface area (Å²) in [5.41, 5.74) is 7.57. The molecule has 0 atom stereocenters. The minimum Gasteiger partial charge on any atom is -0.136 e. The molecular weight excluding hydrogens is 448 g/mol. The Morgan fingerprint density at radius 2 is 0.794 bits per heavy atom. The molecule has 2 aromatic heterocycles. The second-order valence-corrected chi connectivity index (χ2v) is 10.7. The van der Waals surface area contributed by atoms with Gasteiger partial charge in [0.1, 0.15) is 0 Å². The molecule has 0 bridgehead atoms. The monoisotopic (exact) mass is 474 g/mol. The Hall–Kier alpha value is -3.46. The molecule has 5 rings (SSSR count). The fourth-order valence-electron chi connectivity index (χ4n) is 3.71. The Bertz CT molecular complexity index is 1310. The van der Waals surface area contributed by atoms with Gasteiger partial charge in [-0.15, -0.1) is 22.7 Å². The van der Waals surface area contributed by atoms with E-state index in [-0.39, 0.29) is 0 Å². The maximum atomic E-state index is 2.23. The highest BCUT2D eigenvalue weighted by atomic mass is 32.1. The molecule has 0 spiro atoms. The van der Waals surface area contributed by atoms with Crippen molar-refractivity contribution < 1.29 is 0 Å². The van der Waals surface area contributed by atoms with E-state index in [0.29, 0.717) is 0 Å². The van der Waals surface area contributed by atoms with Gasteiger partial charge in [0.2, 0.25) is 0 Å². The van der Waals surface area contributed by atoms with Crippen LogP contribution in [0.5, 0.6) is 0 Å². The van der Waals surface area contributed by atoms with Crippen LogP contribution in [0.2, 0.25) is 0 Å². The molecule has 5 aromatic rings. The van der Waals surface area contributed by atoms with E-state index in [1.54, 1.807) is 0 Å². The predicted octanol–water partition coefficient (Wildman–Crippen LogP) is 10.1. The van der Waals surface area contributed by atoms with Crippen molar-refractivity contribution in [3.05, 3.63) is 129 Å². The van der Waals surface area contributed by atoms with E-state index in [9.17, 15) is 0 Å². The first-order valence-corrected chi connectivity index (χ1v) is 13.1. The predicted molar refractivity (Wildman–Crippen MR) is 153 cm³/mol. The average molecular weight is 475 g/mol. The van der Waals surface area contributed by atoms with Gasteiger partial charge in [0.15, 0.2) is 0 Å². The van der Waals surface area contributed by atoms with Crippen LogP contribution in [0.4, 0.5) is 0 Å². The number of aryl methyl sites for hydroxylation is 2. The largest absolute Gasteiger partial charge is 0.136 e. The molecule has 3 aromatic carbocycles. The molecule has 0 radical (unpaired) electrons. The number of rotatable bonds is 6. The van der Waals surface area contributed by atoms with Gasteiger partial charge in [0, 0.05) is 19.5 Å². The van der Waals surface area contributed by atoms with Gasteiger partial charge in [0.25, 0.3) is 0 Å². The zero-order chi connectivity index (χ0) is 23.3. The van der Waals surface area contributed by atoms with E-state index in [1.807, 2.05) is 22.7 Å². The molecule has 0 aliphatic rings. The molecule has 166 valence electrons. The Kier molecular flexibility index (Phi) is 6.71. The van der Waals surface area contributed by atoms with Crippen LogP contribution in [0.3, 0.4) is 0 Å². The average Bonchev–Trinajstić information content (AvgIpc) is 3.54. The van der Waals surface area contributed by atoms with E-state index in [1.165, 1.54) is 52.9 Å². The molecule has 0 saturated carbocycles. The van der Waals surface area contributed by atoms with Gasteiger partial charge in [-0.3, -0.25) is 0 Å². The van der Waals surface area contributed by atoms with Crippen LogP contribution in [0.25, 0.3) is 45.2 Å². The normalized spacial score (nSPS) is 11.6. The Balaban J connectivity index is 1.26. The highest BCUT2D eigenvalue weighted by Gasteiger charge is 2.05. The summed E-state index contributed by atoms with van der Waals surface area (Å²) in [6, 6.07) is 35.0. The van der Waals surface area contributed by atoms with Gasteiger partial charge >= 0.3 is 0 Å². The lowest BCUT2D eigenvalue weighted by molar-refractivity contribution is 1.46. The first kappa shape index (κ1) is 22.3. The number of thiophene rings is 2. The first-order chi connectivity index (χ1) is 16.6. The molecule has 0 unspecified atom stereocenters. The van der Waals surface area contributed by atoms with Crippen molar-refractivity contribution in [2.75, 3.05) is 0 Å². The second-order valence-electron chi connectivity index (χ2n) is 8.47. The van der Waals surface area contributed by atoms with E-state index in [4.69, 9.17) is 0 Å². The zero-order valence-electron chi connectivity index (χ0n) is 19.4. The third-order valence-electron chi connectivity index (χ3n) is 5.74. The molecule has 2 heterocycles. The van der Waals surface area contributed by atoms with Crippen LogP contribution in [0, 0.1) is 13.8 Å². The Morgan fingerprint density at radius 1 is 0.412 bits per heavy atom. The zero-order valence-corrected chi connectivity index (χ0v) is 21.0. The van der Waals surface area contributed by atoms with Crippen LogP contribution in [0.1, 0.15) is 32.0 Å². The topological polar surface area (TPSA) is 0 Å². The fourth-order valence-corrected chi connectivity index (χ4v) is 5.54. The molecule has 0 nitrogen and oxygen atoms in total. The summed E-state index contributed by atoms with van der Waals surface area (Å²) in [5, 5.41) is 0. The van der Waals surface area contributed by atoms with Crippen molar-refractivity contribution in [1.82, 2.24) is 0 Å². The highest BCUT2D eigenvalue weighted by molar-refractivity contribution is 7.16. The van der Waals surface area contributed by atoms with Gasteiger partial charge in [-0.05, 0) is 72.5 Å². The van der Waals surface area contributed by atoms with Gasteiger partial charge in [0.05, 0.1) is 0 Å². The van der Waals surface area contributed by atoms with Gasteiger partial charge in [-0.2, -0.15) is 0 Å². The van der Waals surface area contributed by atoms with Crippen molar-refractivity contribution in [2.45, 2.75) is 13.8 Å². The standard InChI is InChI=1S/C32H26S2/c1-23-3-7-25(8-4-23)11-17-29-19-21-31(33-29)27-13-15-28(16-14-27)32-22-20-30(34-32)18-12-26-9-5-24(2)6-10-26/h3-22H,1-2H3. The number of hydrogen-bond donors (Lipinski definition) is 0. The Labute approximate surface area is 210 Å². The third-order valence-corrected chi connectivity index (χ3v) is 7.94. The molecule has 0 N–H and O–H groups in total. The van der Waals surface area contributed by atoms with E-state index in [0.717, 1.165) is 0 Å². The highest BCUT2D eigenvalue weighted by Crippen LogP contribution is 2.33. The van der Waals surface area contributed by atoms with Crippen LogP contribution < -0.4 is 0 Å². The Morgan fingerprint density at radius 3 is 1.18 bits per heavy atom. The van der Waals surface area contributed by atoms with Crippen LogP contribution in [0.15, 0.2) is 97.1 Å². The smallest absolute Gasteiger partial charge is 0.0349 e. The second kappa shape index (κ2) is 10.2. The van der Waals surface area contributed by atoms with Gasteiger partial charge in [-0.1, -0.05) is 96.1 Å². The minimum absolute atomic E-state index is 1.23. The van der Waals surface area contributed by atoms with E-state index >= 15 is 0 Å². The van der Waals surface area contributed by atoms with E-state index in [2.05, 4.69) is 135 Å². The van der Waals surface area contributed by atoms with Crippen molar-refractivity contribution >= 4 is 47.0 Å². The number of hydrogen-bond acceptors (Lipinski definition) is 2. The summed E-state index contributed by atoms with van der Waals surface area (Å²) >= 11 is 3.65. The molecule has 34 heavy (non-hydrogen) atoms. The molecule has 2 heteroatoms. The summed E-state index contributed by atoms with van der Waals surface area (Å²) < 4.78 is 0. The maximum absolute atomic E-state index is 2.23. The van der Waals surface area contributed by atoms with Gasteiger partial charge < -0.3 is 0 Å². The number of benzene rings is 3. The summed E-state index contributed by atoms with van der Waals surface area (Å²) in [7, 11) is 0. The SMILES string of the molecule is Cc1ccc(C=Cc2ccc(-c3ccc(-c4ccc(C=Cc5ccc(C)cc5)s4)cc3)s2)cc1. The lowest BCUT2D eigenvalue weighted by Crippen LogP contribution is -1.74. The van der Waals surface area contributed by atoms with Crippen LogP contribution >= 0.6 is 22.7 Å². The molecule has 0 fully saturated rings. The summed E-state index contributed by atoms with van der Waals surface area (Å²) in [5.74, 6) is 0. The molecule has 0 aliphatic carbocycles. The lowest BCUT2D eigenvalue weighted by Gasteiger charge is -2.00. The van der Waals surface area contributed by atoms with Crippen molar-refractivity contribution in [1.29, 1.82) is 0 Å². The van der Waals surface area contributed by atoms with Gasteiger partial charge in [-0.25, -0.2) is 0 Å². The summed E-state index contributed by atoms with van der Waals surface area (Å²) in [6.07, 6.45) is 8.76. The fraction of sp³-hybridized carbons (Fsp3) is 0.0625.